The number of thiophene rings is 1. The number of nitro groups is 1. The van der Waals surface area contributed by atoms with Gasteiger partial charge in [0, 0.05) is 17.0 Å². The normalized spacial score (nSPS) is 16.0. The molecule has 0 saturated carbocycles. The van der Waals surface area contributed by atoms with Gasteiger partial charge in [0.15, 0.2) is 0 Å². The Labute approximate surface area is 183 Å². The van der Waals surface area contributed by atoms with Crippen LogP contribution in [0.1, 0.15) is 58.3 Å². The van der Waals surface area contributed by atoms with Crippen LogP contribution in [0, 0.1) is 21.4 Å². The molecule has 0 saturated heterocycles. The standard InChI is InChI=1S/C21H23ClN2O5S/c1-21(2,3)11-5-7-13-16(9-11)30-19(17(13)20(26)29-4)23-18(25)14-10-12(24(27)28)6-8-15(14)22/h6,8,10-11H,5,7,9H2,1-4H3,(H,23,25). The van der Waals surface area contributed by atoms with E-state index in [0.717, 1.165) is 35.8 Å². The molecule has 1 aliphatic carbocycles. The van der Waals surface area contributed by atoms with Crippen molar-refractivity contribution in [2.45, 2.75) is 40.0 Å². The van der Waals surface area contributed by atoms with Gasteiger partial charge in [-0.1, -0.05) is 32.4 Å². The number of halogens is 1. The zero-order valence-corrected chi connectivity index (χ0v) is 18.8. The number of fused-ring (bicyclic) bond motifs is 1. The molecular formula is C21H23ClN2O5S. The van der Waals surface area contributed by atoms with Crippen LogP contribution in [0.25, 0.3) is 0 Å². The third-order valence-electron chi connectivity index (χ3n) is 5.51. The van der Waals surface area contributed by atoms with E-state index in [4.69, 9.17) is 16.3 Å². The van der Waals surface area contributed by atoms with Gasteiger partial charge in [-0.2, -0.15) is 0 Å². The van der Waals surface area contributed by atoms with Crippen molar-refractivity contribution in [1.82, 2.24) is 0 Å². The number of hydrogen-bond acceptors (Lipinski definition) is 6. The Hall–Kier alpha value is -2.45. The maximum atomic E-state index is 12.8. The number of nitro benzene ring substituents is 1. The van der Waals surface area contributed by atoms with Crippen molar-refractivity contribution < 1.29 is 19.2 Å². The van der Waals surface area contributed by atoms with E-state index in [-0.39, 0.29) is 21.7 Å². The highest BCUT2D eigenvalue weighted by atomic mass is 35.5. The highest BCUT2D eigenvalue weighted by molar-refractivity contribution is 7.17. The van der Waals surface area contributed by atoms with Gasteiger partial charge in [0.1, 0.15) is 5.00 Å². The fourth-order valence-corrected chi connectivity index (χ4v) is 5.22. The highest BCUT2D eigenvalue weighted by Gasteiger charge is 2.34. The van der Waals surface area contributed by atoms with Crippen LogP contribution in [0.4, 0.5) is 10.7 Å². The number of nitrogens with one attached hydrogen (secondary N) is 1. The first kappa shape index (κ1) is 22.2. The minimum absolute atomic E-state index is 0.0272. The fraction of sp³-hybridized carbons (Fsp3) is 0.429. The Morgan fingerprint density at radius 1 is 1.33 bits per heavy atom. The molecule has 3 rings (SSSR count). The van der Waals surface area contributed by atoms with Gasteiger partial charge in [0.05, 0.1) is 28.2 Å². The summed E-state index contributed by atoms with van der Waals surface area (Å²) < 4.78 is 4.96. The number of benzene rings is 1. The van der Waals surface area contributed by atoms with E-state index in [9.17, 15) is 19.7 Å². The van der Waals surface area contributed by atoms with Gasteiger partial charge in [-0.15, -0.1) is 11.3 Å². The van der Waals surface area contributed by atoms with Gasteiger partial charge in [-0.05, 0) is 42.2 Å². The average molecular weight is 451 g/mol. The summed E-state index contributed by atoms with van der Waals surface area (Å²) in [4.78, 5) is 36.8. The average Bonchev–Trinajstić information content (AvgIpc) is 3.03. The van der Waals surface area contributed by atoms with Crippen molar-refractivity contribution in [3.05, 3.63) is 54.9 Å². The Morgan fingerprint density at radius 3 is 2.63 bits per heavy atom. The summed E-state index contributed by atoms with van der Waals surface area (Å²) in [6.45, 7) is 6.60. The molecule has 1 N–H and O–H groups in total. The molecular weight excluding hydrogens is 428 g/mol. The van der Waals surface area contributed by atoms with Crippen LogP contribution in [0.5, 0.6) is 0 Å². The van der Waals surface area contributed by atoms with E-state index in [0.29, 0.717) is 16.5 Å². The molecule has 1 atom stereocenters. The van der Waals surface area contributed by atoms with Gasteiger partial charge in [-0.25, -0.2) is 4.79 Å². The van der Waals surface area contributed by atoms with Crippen LogP contribution in [-0.4, -0.2) is 23.9 Å². The lowest BCUT2D eigenvalue weighted by Crippen LogP contribution is -2.26. The van der Waals surface area contributed by atoms with Crippen LogP contribution >= 0.6 is 22.9 Å². The quantitative estimate of drug-likeness (QED) is 0.376. The summed E-state index contributed by atoms with van der Waals surface area (Å²) in [5, 5.41) is 14.2. The molecule has 0 aliphatic heterocycles. The van der Waals surface area contributed by atoms with Crippen LogP contribution in [0.2, 0.25) is 5.02 Å². The molecule has 1 unspecified atom stereocenters. The Balaban J connectivity index is 1.98. The van der Waals surface area contributed by atoms with Crippen molar-refractivity contribution in [2.24, 2.45) is 11.3 Å². The summed E-state index contributed by atoms with van der Waals surface area (Å²) in [5.41, 5.74) is 1.14. The number of nitrogens with zero attached hydrogens (tertiary/aromatic N) is 1. The summed E-state index contributed by atoms with van der Waals surface area (Å²) in [5.74, 6) is -0.661. The van der Waals surface area contributed by atoms with Gasteiger partial charge in [-0.3, -0.25) is 14.9 Å². The number of anilines is 1. The molecule has 7 nitrogen and oxygen atoms in total. The number of esters is 1. The van der Waals surface area contributed by atoms with Crippen molar-refractivity contribution in [2.75, 3.05) is 12.4 Å². The second kappa shape index (κ2) is 8.35. The number of methoxy groups -OCH3 is 1. The molecule has 0 radical (unpaired) electrons. The molecule has 0 spiro atoms. The maximum absolute atomic E-state index is 12.8. The molecule has 9 heteroatoms. The van der Waals surface area contributed by atoms with Crippen molar-refractivity contribution in [3.8, 4) is 0 Å². The topological polar surface area (TPSA) is 98.5 Å². The van der Waals surface area contributed by atoms with Crippen molar-refractivity contribution in [3.63, 3.8) is 0 Å². The zero-order valence-electron chi connectivity index (χ0n) is 17.2. The zero-order chi connectivity index (χ0) is 22.2. The van der Waals surface area contributed by atoms with Crippen LogP contribution in [0.15, 0.2) is 18.2 Å². The summed E-state index contributed by atoms with van der Waals surface area (Å²) >= 11 is 7.45. The minimum atomic E-state index is -0.611. The van der Waals surface area contributed by atoms with Crippen LogP contribution in [0.3, 0.4) is 0 Å². The van der Waals surface area contributed by atoms with Crippen molar-refractivity contribution >= 4 is 45.5 Å². The third kappa shape index (κ3) is 4.34. The van der Waals surface area contributed by atoms with E-state index in [1.165, 1.54) is 30.6 Å². The molecule has 1 aromatic heterocycles. The first-order valence-corrected chi connectivity index (χ1v) is 10.7. The van der Waals surface area contributed by atoms with E-state index >= 15 is 0 Å². The lowest BCUT2D eigenvalue weighted by molar-refractivity contribution is -0.384. The van der Waals surface area contributed by atoms with Gasteiger partial charge in [0.2, 0.25) is 0 Å². The lowest BCUT2D eigenvalue weighted by atomic mass is 9.72. The fourth-order valence-electron chi connectivity index (χ4n) is 3.70. The predicted octanol–water partition coefficient (Wildman–Crippen LogP) is 5.50. The number of rotatable bonds is 4. The number of amides is 1. The van der Waals surface area contributed by atoms with E-state index in [1.807, 2.05) is 0 Å². The van der Waals surface area contributed by atoms with E-state index < -0.39 is 16.8 Å². The van der Waals surface area contributed by atoms with Crippen LogP contribution in [-0.2, 0) is 17.6 Å². The molecule has 1 aliphatic rings. The SMILES string of the molecule is COC(=O)c1c(NC(=O)c2cc([N+](=O)[O-])ccc2Cl)sc2c1CCC(C(C)(C)C)C2. The second-order valence-corrected chi connectivity index (χ2v) is 9.89. The lowest BCUT2D eigenvalue weighted by Gasteiger charge is -2.33. The Kier molecular flexibility index (Phi) is 6.19. The summed E-state index contributed by atoms with van der Waals surface area (Å²) in [7, 11) is 1.30. The highest BCUT2D eigenvalue weighted by Crippen LogP contribution is 2.44. The molecule has 0 bridgehead atoms. The molecule has 1 heterocycles. The predicted molar refractivity (Wildman–Crippen MR) is 117 cm³/mol. The van der Waals surface area contributed by atoms with Gasteiger partial charge < -0.3 is 10.1 Å². The number of ether oxygens (including phenoxy) is 1. The monoisotopic (exact) mass is 450 g/mol. The van der Waals surface area contributed by atoms with Gasteiger partial charge in [0.25, 0.3) is 11.6 Å². The number of hydrogen-bond donors (Lipinski definition) is 1. The smallest absolute Gasteiger partial charge is 0.341 e. The number of carbonyl (C=O) groups excluding carboxylic acids is 2. The Morgan fingerprint density at radius 2 is 2.03 bits per heavy atom. The third-order valence-corrected chi connectivity index (χ3v) is 7.01. The molecule has 1 aromatic carbocycles. The maximum Gasteiger partial charge on any atom is 0.341 e. The molecule has 2 aromatic rings. The van der Waals surface area contributed by atoms with Gasteiger partial charge >= 0.3 is 5.97 Å². The van der Waals surface area contributed by atoms with Crippen LogP contribution < -0.4 is 5.32 Å². The first-order chi connectivity index (χ1) is 14.0. The second-order valence-electron chi connectivity index (χ2n) is 8.38. The number of non-ortho nitro benzene ring substituents is 1. The minimum Gasteiger partial charge on any atom is -0.465 e. The Bertz CT molecular complexity index is 1030. The molecule has 160 valence electrons. The van der Waals surface area contributed by atoms with Crippen molar-refractivity contribution in [1.29, 1.82) is 0 Å². The van der Waals surface area contributed by atoms with E-state index in [1.54, 1.807) is 0 Å². The summed E-state index contributed by atoms with van der Waals surface area (Å²) in [6, 6.07) is 3.66. The number of carbonyl (C=O) groups is 2. The molecule has 0 fully saturated rings. The molecule has 30 heavy (non-hydrogen) atoms. The first-order valence-electron chi connectivity index (χ1n) is 9.51. The summed E-state index contributed by atoms with van der Waals surface area (Å²) in [6.07, 6.45) is 2.49. The molecule has 1 amide bonds. The van der Waals surface area contributed by atoms with E-state index in [2.05, 4.69) is 26.1 Å². The largest absolute Gasteiger partial charge is 0.465 e.